The molecule has 21 heavy (non-hydrogen) atoms. The van der Waals surface area contributed by atoms with Crippen molar-refractivity contribution < 1.29 is 0 Å². The van der Waals surface area contributed by atoms with E-state index in [-0.39, 0.29) is 0 Å². The van der Waals surface area contributed by atoms with Gasteiger partial charge in [0.25, 0.3) is 0 Å². The Labute approximate surface area is 125 Å². The van der Waals surface area contributed by atoms with E-state index in [2.05, 4.69) is 26.8 Å². The Morgan fingerprint density at radius 2 is 1.71 bits per heavy atom. The van der Waals surface area contributed by atoms with Crippen LogP contribution < -0.4 is 16.4 Å². The minimum Gasteiger partial charge on any atom is -0.383 e. The Balaban J connectivity index is 1.62. The third kappa shape index (κ3) is 2.41. The Morgan fingerprint density at radius 3 is 2.33 bits per heavy atom. The van der Waals surface area contributed by atoms with Crippen molar-refractivity contribution in [1.82, 2.24) is 14.9 Å². The molecule has 0 radical (unpaired) electrons. The van der Waals surface area contributed by atoms with Crippen LogP contribution in [0.25, 0.3) is 0 Å². The van der Waals surface area contributed by atoms with Gasteiger partial charge in [-0.05, 0) is 44.1 Å². The van der Waals surface area contributed by atoms with Crippen molar-refractivity contribution in [3.05, 3.63) is 5.56 Å². The summed E-state index contributed by atoms with van der Waals surface area (Å²) in [7, 11) is 2.21. The Hall–Kier alpha value is -1.56. The second kappa shape index (κ2) is 4.73. The molecular weight excluding hydrogens is 264 g/mol. The zero-order valence-corrected chi connectivity index (χ0v) is 12.6. The molecule has 2 unspecified atom stereocenters. The van der Waals surface area contributed by atoms with Crippen LogP contribution in [-0.2, 0) is 6.42 Å². The number of nitrogens with zero attached hydrogens (tertiary/aromatic N) is 4. The maximum absolute atomic E-state index is 6.14. The van der Waals surface area contributed by atoms with E-state index < -0.39 is 0 Å². The van der Waals surface area contributed by atoms with Gasteiger partial charge in [-0.1, -0.05) is 0 Å². The second-order valence-electron chi connectivity index (χ2n) is 7.06. The lowest BCUT2D eigenvalue weighted by molar-refractivity contribution is 0.386. The van der Waals surface area contributed by atoms with Crippen LogP contribution in [-0.4, -0.2) is 48.1 Å². The van der Waals surface area contributed by atoms with Crippen LogP contribution in [0.15, 0.2) is 0 Å². The summed E-state index contributed by atoms with van der Waals surface area (Å²) in [4.78, 5) is 13.6. The maximum atomic E-state index is 6.14. The third-order valence-corrected chi connectivity index (χ3v) is 5.19. The number of hydrogen-bond acceptors (Lipinski definition) is 6. The van der Waals surface area contributed by atoms with Crippen molar-refractivity contribution in [2.24, 2.45) is 17.8 Å². The van der Waals surface area contributed by atoms with Crippen molar-refractivity contribution in [2.45, 2.75) is 19.3 Å². The second-order valence-corrected chi connectivity index (χ2v) is 7.06. The number of aromatic nitrogens is 2. The van der Waals surface area contributed by atoms with Gasteiger partial charge in [-0.15, -0.1) is 0 Å². The maximum Gasteiger partial charge on any atom is 0.223 e. The normalized spacial score (nSPS) is 29.1. The molecule has 1 saturated carbocycles. The van der Waals surface area contributed by atoms with Gasteiger partial charge in [0.15, 0.2) is 0 Å². The SMILES string of the molecule is CN1CC2CN(c3nc(N)nc(N)c3CC3CC3)CC2C1. The van der Waals surface area contributed by atoms with Crippen LogP contribution in [0.4, 0.5) is 17.6 Å². The van der Waals surface area contributed by atoms with Gasteiger partial charge < -0.3 is 21.3 Å². The molecule has 0 amide bonds. The molecule has 3 fully saturated rings. The molecule has 114 valence electrons. The fourth-order valence-corrected chi connectivity index (χ4v) is 3.98. The van der Waals surface area contributed by atoms with Crippen molar-refractivity contribution in [1.29, 1.82) is 0 Å². The summed E-state index contributed by atoms with van der Waals surface area (Å²) in [6, 6.07) is 0. The summed E-state index contributed by atoms with van der Waals surface area (Å²) in [6.07, 6.45) is 3.62. The van der Waals surface area contributed by atoms with Crippen LogP contribution in [0.5, 0.6) is 0 Å². The summed E-state index contributed by atoms with van der Waals surface area (Å²) < 4.78 is 0. The zero-order chi connectivity index (χ0) is 14.6. The van der Waals surface area contributed by atoms with Gasteiger partial charge in [0.1, 0.15) is 11.6 Å². The first kappa shape index (κ1) is 13.1. The predicted octanol–water partition coefficient (Wildman–Crippen LogP) is 0.591. The van der Waals surface area contributed by atoms with Crippen molar-refractivity contribution in [3.63, 3.8) is 0 Å². The molecule has 2 saturated heterocycles. The van der Waals surface area contributed by atoms with Crippen molar-refractivity contribution in [2.75, 3.05) is 49.6 Å². The summed E-state index contributed by atoms with van der Waals surface area (Å²) in [5.74, 6) is 4.16. The fraction of sp³-hybridized carbons (Fsp3) is 0.733. The van der Waals surface area contributed by atoms with Crippen molar-refractivity contribution >= 4 is 17.6 Å². The molecule has 2 aliphatic heterocycles. The smallest absolute Gasteiger partial charge is 0.223 e. The highest BCUT2D eigenvalue weighted by atomic mass is 15.3. The van der Waals surface area contributed by atoms with Gasteiger partial charge in [-0.25, -0.2) is 0 Å². The van der Waals surface area contributed by atoms with Gasteiger partial charge in [-0.3, -0.25) is 0 Å². The molecule has 1 aliphatic carbocycles. The van der Waals surface area contributed by atoms with Crippen LogP contribution in [0.1, 0.15) is 18.4 Å². The largest absolute Gasteiger partial charge is 0.383 e. The highest BCUT2D eigenvalue weighted by Gasteiger charge is 2.40. The van der Waals surface area contributed by atoms with E-state index in [9.17, 15) is 0 Å². The number of nitrogen functional groups attached to an aromatic ring is 2. The number of hydrogen-bond donors (Lipinski definition) is 2. The van der Waals surface area contributed by atoms with Crippen LogP contribution in [0, 0.1) is 17.8 Å². The Morgan fingerprint density at radius 1 is 1.05 bits per heavy atom. The van der Waals surface area contributed by atoms with E-state index in [1.54, 1.807) is 0 Å². The number of fused-ring (bicyclic) bond motifs is 1. The van der Waals surface area contributed by atoms with E-state index in [0.29, 0.717) is 11.8 Å². The topological polar surface area (TPSA) is 84.3 Å². The molecule has 6 nitrogen and oxygen atoms in total. The highest BCUT2D eigenvalue weighted by Crippen LogP contribution is 2.39. The van der Waals surface area contributed by atoms with Gasteiger partial charge in [0, 0.05) is 31.7 Å². The minimum absolute atomic E-state index is 0.302. The molecule has 1 aromatic rings. The molecule has 0 aromatic carbocycles. The first-order chi connectivity index (χ1) is 10.1. The van der Waals surface area contributed by atoms with E-state index in [1.165, 1.54) is 25.9 Å². The average molecular weight is 288 g/mol. The Bertz CT molecular complexity index is 541. The monoisotopic (exact) mass is 288 g/mol. The van der Waals surface area contributed by atoms with Gasteiger partial charge >= 0.3 is 0 Å². The summed E-state index contributed by atoms with van der Waals surface area (Å²) >= 11 is 0. The average Bonchev–Trinajstić information content (AvgIpc) is 3.04. The zero-order valence-electron chi connectivity index (χ0n) is 12.6. The van der Waals surface area contributed by atoms with Crippen LogP contribution >= 0.6 is 0 Å². The van der Waals surface area contributed by atoms with Gasteiger partial charge in [0.2, 0.25) is 5.95 Å². The number of anilines is 3. The molecule has 4 rings (SSSR count). The van der Waals surface area contributed by atoms with Crippen LogP contribution in [0.2, 0.25) is 0 Å². The van der Waals surface area contributed by atoms with E-state index in [0.717, 1.165) is 48.6 Å². The number of nitrogens with two attached hydrogens (primary N) is 2. The first-order valence-corrected chi connectivity index (χ1v) is 7.95. The summed E-state index contributed by atoms with van der Waals surface area (Å²) in [5, 5.41) is 0. The molecular formula is C15H24N6. The summed E-state index contributed by atoms with van der Waals surface area (Å²) in [6.45, 7) is 4.52. The van der Waals surface area contributed by atoms with Gasteiger partial charge in [-0.2, -0.15) is 9.97 Å². The number of likely N-dealkylation sites (tertiary alicyclic amines) is 1. The molecule has 3 aliphatic rings. The molecule has 6 heteroatoms. The third-order valence-electron chi connectivity index (χ3n) is 5.19. The highest BCUT2D eigenvalue weighted by molar-refractivity contribution is 5.60. The molecule has 0 spiro atoms. The first-order valence-electron chi connectivity index (χ1n) is 7.95. The minimum atomic E-state index is 0.302. The quantitative estimate of drug-likeness (QED) is 0.847. The Kier molecular flexibility index (Phi) is 2.96. The van der Waals surface area contributed by atoms with E-state index in [4.69, 9.17) is 11.5 Å². The predicted molar refractivity (Wildman–Crippen MR) is 84.0 cm³/mol. The number of rotatable bonds is 3. The molecule has 4 N–H and O–H groups in total. The lowest BCUT2D eigenvalue weighted by Crippen LogP contribution is -2.29. The summed E-state index contributed by atoms with van der Waals surface area (Å²) in [5.41, 5.74) is 13.1. The fourth-order valence-electron chi connectivity index (χ4n) is 3.98. The molecule has 3 heterocycles. The molecule has 0 bridgehead atoms. The lowest BCUT2D eigenvalue weighted by atomic mass is 10.0. The van der Waals surface area contributed by atoms with Gasteiger partial charge in [0.05, 0.1) is 0 Å². The standard InChI is InChI=1S/C15H24N6/c1-20-5-10-7-21(8-11(10)6-20)14-12(4-9-2-3-9)13(16)18-15(17)19-14/h9-11H,2-8H2,1H3,(H4,16,17,18,19). The lowest BCUT2D eigenvalue weighted by Gasteiger charge is -2.23. The van der Waals surface area contributed by atoms with E-state index in [1.807, 2.05) is 0 Å². The van der Waals surface area contributed by atoms with E-state index >= 15 is 0 Å². The van der Waals surface area contributed by atoms with Crippen LogP contribution in [0.3, 0.4) is 0 Å². The molecule has 2 atom stereocenters. The molecule has 1 aromatic heterocycles. The van der Waals surface area contributed by atoms with Crippen molar-refractivity contribution in [3.8, 4) is 0 Å².